The lowest BCUT2D eigenvalue weighted by Crippen LogP contribution is -2.45. The zero-order valence-electron chi connectivity index (χ0n) is 7.42. The number of aliphatic hydroxyl groups excluding tert-OH is 1. The van der Waals surface area contributed by atoms with Crippen molar-refractivity contribution in [1.29, 1.82) is 0 Å². The van der Waals surface area contributed by atoms with Crippen molar-refractivity contribution in [3.05, 3.63) is 0 Å². The maximum Gasteiger partial charge on any atom is 0.315 e. The Hall–Kier alpha value is -0.480. The third-order valence-electron chi connectivity index (χ3n) is 2.18. The van der Waals surface area contributed by atoms with Crippen molar-refractivity contribution in [2.24, 2.45) is 0 Å². The Labute approximate surface area is 82.6 Å². The van der Waals surface area contributed by atoms with Gasteiger partial charge in [-0.2, -0.15) is 0 Å². The van der Waals surface area contributed by atoms with Gasteiger partial charge in [0.1, 0.15) is 0 Å². The number of carbonyl (C=O) groups is 1. The van der Waals surface area contributed by atoms with Gasteiger partial charge in [0.2, 0.25) is 0 Å². The maximum atomic E-state index is 11.1. The van der Waals surface area contributed by atoms with Crippen LogP contribution in [0.5, 0.6) is 0 Å². The van der Waals surface area contributed by atoms with E-state index in [0.717, 1.165) is 19.3 Å². The number of carbonyl (C=O) groups excluding carboxylic acids is 1. The number of urea groups is 1. The Balaban J connectivity index is 2.19. The van der Waals surface area contributed by atoms with Gasteiger partial charge in [-0.1, -0.05) is 0 Å². The van der Waals surface area contributed by atoms with E-state index in [2.05, 4.69) is 10.6 Å². The normalized spacial score (nSPS) is 27.2. The standard InChI is InChI=1S/C8H15ClN2O2/c9-4-5-10-8(13)11-6-2-1-3-7(6)12/h6-7,12H,1-5H2,(H2,10,11,13). The second-order valence-corrected chi connectivity index (χ2v) is 3.57. The molecule has 0 saturated heterocycles. The van der Waals surface area contributed by atoms with E-state index in [0.29, 0.717) is 12.4 Å². The summed E-state index contributed by atoms with van der Waals surface area (Å²) in [4.78, 5) is 11.1. The molecule has 1 saturated carbocycles. The minimum Gasteiger partial charge on any atom is -0.391 e. The quantitative estimate of drug-likeness (QED) is 0.587. The van der Waals surface area contributed by atoms with Crippen molar-refractivity contribution in [2.45, 2.75) is 31.4 Å². The number of halogens is 1. The number of alkyl halides is 1. The van der Waals surface area contributed by atoms with Crippen LogP contribution in [0.1, 0.15) is 19.3 Å². The van der Waals surface area contributed by atoms with Crippen LogP contribution in [0.4, 0.5) is 4.79 Å². The lowest BCUT2D eigenvalue weighted by Gasteiger charge is -2.16. The van der Waals surface area contributed by atoms with Crippen LogP contribution < -0.4 is 10.6 Å². The highest BCUT2D eigenvalue weighted by atomic mass is 35.5. The summed E-state index contributed by atoms with van der Waals surface area (Å²) in [5, 5.41) is 14.7. The van der Waals surface area contributed by atoms with Gasteiger partial charge in [0.05, 0.1) is 12.1 Å². The molecule has 1 aliphatic carbocycles. The smallest absolute Gasteiger partial charge is 0.315 e. The van der Waals surface area contributed by atoms with Crippen LogP contribution in [-0.2, 0) is 0 Å². The molecule has 0 bridgehead atoms. The van der Waals surface area contributed by atoms with Gasteiger partial charge in [-0.3, -0.25) is 0 Å². The first-order chi connectivity index (χ1) is 6.24. The van der Waals surface area contributed by atoms with E-state index < -0.39 is 0 Å². The van der Waals surface area contributed by atoms with Gasteiger partial charge in [-0.15, -0.1) is 11.6 Å². The largest absolute Gasteiger partial charge is 0.391 e. The van der Waals surface area contributed by atoms with E-state index in [1.165, 1.54) is 0 Å². The average molecular weight is 207 g/mol. The molecule has 0 aromatic rings. The van der Waals surface area contributed by atoms with Gasteiger partial charge >= 0.3 is 6.03 Å². The molecule has 4 nitrogen and oxygen atoms in total. The van der Waals surface area contributed by atoms with Gasteiger partial charge in [-0.25, -0.2) is 4.79 Å². The van der Waals surface area contributed by atoms with E-state index >= 15 is 0 Å². The molecule has 5 heteroatoms. The lowest BCUT2D eigenvalue weighted by molar-refractivity contribution is 0.149. The molecule has 1 aliphatic rings. The van der Waals surface area contributed by atoms with Crippen molar-refractivity contribution in [3.8, 4) is 0 Å². The van der Waals surface area contributed by atoms with Gasteiger partial charge in [0, 0.05) is 12.4 Å². The molecule has 1 rings (SSSR count). The van der Waals surface area contributed by atoms with Gasteiger partial charge in [0.15, 0.2) is 0 Å². The number of nitrogens with one attached hydrogen (secondary N) is 2. The SMILES string of the molecule is O=C(NCCCl)NC1CCCC1O. The van der Waals surface area contributed by atoms with Crippen LogP contribution in [0.25, 0.3) is 0 Å². The Bertz CT molecular complexity index is 178. The molecule has 13 heavy (non-hydrogen) atoms. The van der Waals surface area contributed by atoms with Gasteiger partial charge in [-0.05, 0) is 19.3 Å². The van der Waals surface area contributed by atoms with Crippen molar-refractivity contribution in [2.75, 3.05) is 12.4 Å². The molecule has 0 aromatic carbocycles. The topological polar surface area (TPSA) is 61.4 Å². The number of aliphatic hydroxyl groups is 1. The van der Waals surface area contributed by atoms with E-state index in [9.17, 15) is 9.90 Å². The monoisotopic (exact) mass is 206 g/mol. The summed E-state index contributed by atoms with van der Waals surface area (Å²) in [6.45, 7) is 0.455. The van der Waals surface area contributed by atoms with Crippen LogP contribution in [0.2, 0.25) is 0 Å². The number of rotatable bonds is 3. The second kappa shape index (κ2) is 5.29. The van der Waals surface area contributed by atoms with Crippen molar-refractivity contribution >= 4 is 17.6 Å². The van der Waals surface area contributed by atoms with E-state index in [1.54, 1.807) is 0 Å². The van der Waals surface area contributed by atoms with E-state index in [1.807, 2.05) is 0 Å². The summed E-state index contributed by atoms with van der Waals surface area (Å²) in [7, 11) is 0. The molecule has 1 fully saturated rings. The zero-order chi connectivity index (χ0) is 9.68. The molecule has 2 amide bonds. The van der Waals surface area contributed by atoms with Gasteiger partial charge < -0.3 is 15.7 Å². The fourth-order valence-electron chi connectivity index (χ4n) is 1.49. The number of amides is 2. The minimum atomic E-state index is -0.387. The molecule has 0 aliphatic heterocycles. The Morgan fingerprint density at radius 3 is 2.85 bits per heavy atom. The van der Waals surface area contributed by atoms with Crippen LogP contribution in [0, 0.1) is 0 Å². The summed E-state index contributed by atoms with van der Waals surface area (Å²) in [5.74, 6) is 0.403. The molecule has 3 N–H and O–H groups in total. The fourth-order valence-corrected chi connectivity index (χ4v) is 1.58. The molecule has 2 atom stereocenters. The molecule has 0 heterocycles. The molecule has 0 spiro atoms. The summed E-state index contributed by atoms with van der Waals surface area (Å²) < 4.78 is 0. The number of hydrogen-bond donors (Lipinski definition) is 3. The summed E-state index contributed by atoms with van der Waals surface area (Å²) in [5.41, 5.74) is 0. The lowest BCUT2D eigenvalue weighted by atomic mass is 10.2. The minimum absolute atomic E-state index is 0.0877. The summed E-state index contributed by atoms with van der Waals surface area (Å²) in [6, 6.07) is -0.332. The van der Waals surface area contributed by atoms with Gasteiger partial charge in [0.25, 0.3) is 0 Å². The summed E-state index contributed by atoms with van der Waals surface area (Å²) >= 11 is 5.40. The van der Waals surface area contributed by atoms with Crippen LogP contribution in [0.3, 0.4) is 0 Å². The summed E-state index contributed by atoms with van der Waals surface area (Å²) in [6.07, 6.45) is 2.22. The first kappa shape index (κ1) is 10.6. The molecular formula is C8H15ClN2O2. The fraction of sp³-hybridized carbons (Fsp3) is 0.875. The highest BCUT2D eigenvalue weighted by molar-refractivity contribution is 6.18. The van der Waals surface area contributed by atoms with Crippen LogP contribution >= 0.6 is 11.6 Å². The Morgan fingerprint density at radius 1 is 1.54 bits per heavy atom. The predicted molar refractivity (Wildman–Crippen MR) is 50.9 cm³/mol. The molecule has 0 aromatic heterocycles. The highest BCUT2D eigenvalue weighted by Crippen LogP contribution is 2.18. The molecule has 2 unspecified atom stereocenters. The van der Waals surface area contributed by atoms with Crippen LogP contribution in [-0.4, -0.2) is 35.7 Å². The van der Waals surface area contributed by atoms with Crippen molar-refractivity contribution < 1.29 is 9.90 Å². The maximum absolute atomic E-state index is 11.1. The second-order valence-electron chi connectivity index (χ2n) is 3.19. The van der Waals surface area contributed by atoms with E-state index in [4.69, 9.17) is 11.6 Å². The van der Waals surface area contributed by atoms with E-state index in [-0.39, 0.29) is 18.2 Å². The van der Waals surface area contributed by atoms with Crippen molar-refractivity contribution in [3.63, 3.8) is 0 Å². The third-order valence-corrected chi connectivity index (χ3v) is 2.37. The highest BCUT2D eigenvalue weighted by Gasteiger charge is 2.26. The zero-order valence-corrected chi connectivity index (χ0v) is 8.18. The van der Waals surface area contributed by atoms with Crippen LogP contribution in [0.15, 0.2) is 0 Å². The first-order valence-electron chi connectivity index (χ1n) is 4.52. The molecular weight excluding hydrogens is 192 g/mol. The third kappa shape index (κ3) is 3.40. The van der Waals surface area contributed by atoms with Crippen molar-refractivity contribution in [1.82, 2.24) is 10.6 Å². The molecule has 0 radical (unpaired) electrons. The molecule has 76 valence electrons. The Kier molecular flexibility index (Phi) is 4.32. The Morgan fingerprint density at radius 2 is 2.31 bits per heavy atom. The predicted octanol–water partition coefficient (Wildman–Crippen LogP) is 0.438. The average Bonchev–Trinajstić information content (AvgIpc) is 2.48. The first-order valence-corrected chi connectivity index (χ1v) is 5.06. The number of hydrogen-bond acceptors (Lipinski definition) is 2.